The Kier molecular flexibility index (Phi) is 5.40. The number of carbonyl (C=O) groups excluding carboxylic acids is 1. The minimum absolute atomic E-state index is 0.156. The lowest BCUT2D eigenvalue weighted by Crippen LogP contribution is -2.22. The third-order valence-corrected chi connectivity index (χ3v) is 4.09. The molecule has 2 aromatic heterocycles. The lowest BCUT2D eigenvalue weighted by Gasteiger charge is -2.06. The first-order chi connectivity index (χ1) is 9.58. The second-order valence-corrected chi connectivity index (χ2v) is 6.50. The Labute approximate surface area is 131 Å². The van der Waals surface area contributed by atoms with Crippen LogP contribution >= 0.6 is 34.5 Å². The van der Waals surface area contributed by atoms with Crippen molar-refractivity contribution in [2.24, 2.45) is 0 Å². The van der Waals surface area contributed by atoms with Crippen molar-refractivity contribution < 1.29 is 4.79 Å². The molecule has 0 aliphatic heterocycles. The average molecular weight is 329 g/mol. The van der Waals surface area contributed by atoms with Crippen molar-refractivity contribution in [3.05, 3.63) is 49.9 Å². The van der Waals surface area contributed by atoms with Crippen LogP contribution in [0.1, 0.15) is 34.3 Å². The van der Waals surface area contributed by atoms with Gasteiger partial charge in [0.15, 0.2) is 0 Å². The molecule has 0 atom stereocenters. The SMILES string of the molecule is CCCc1cc(C(=O)NCc2ccc(Cl)s2)cc(Cl)n1. The highest BCUT2D eigenvalue weighted by atomic mass is 35.5. The van der Waals surface area contributed by atoms with Crippen molar-refractivity contribution >= 4 is 40.4 Å². The van der Waals surface area contributed by atoms with Crippen LogP contribution in [-0.2, 0) is 13.0 Å². The molecular weight excluding hydrogens is 315 g/mol. The fourth-order valence-corrected chi connectivity index (χ4v) is 3.04. The predicted octanol–water partition coefficient (Wildman–Crippen LogP) is 4.33. The molecule has 3 nitrogen and oxygen atoms in total. The molecule has 106 valence electrons. The molecule has 1 amide bonds. The van der Waals surface area contributed by atoms with E-state index < -0.39 is 0 Å². The van der Waals surface area contributed by atoms with Gasteiger partial charge in [-0.2, -0.15) is 0 Å². The van der Waals surface area contributed by atoms with Gasteiger partial charge in [-0.05, 0) is 30.7 Å². The third-order valence-electron chi connectivity index (χ3n) is 2.67. The number of thiophene rings is 1. The van der Waals surface area contributed by atoms with Crippen LogP contribution in [-0.4, -0.2) is 10.9 Å². The van der Waals surface area contributed by atoms with Gasteiger partial charge in [0.25, 0.3) is 5.91 Å². The van der Waals surface area contributed by atoms with E-state index in [1.807, 2.05) is 12.1 Å². The highest BCUT2D eigenvalue weighted by Crippen LogP contribution is 2.21. The lowest BCUT2D eigenvalue weighted by molar-refractivity contribution is 0.0951. The van der Waals surface area contributed by atoms with Crippen LogP contribution in [0.2, 0.25) is 9.49 Å². The van der Waals surface area contributed by atoms with E-state index in [1.165, 1.54) is 11.3 Å². The second kappa shape index (κ2) is 7.07. The van der Waals surface area contributed by atoms with Gasteiger partial charge in [-0.25, -0.2) is 4.98 Å². The van der Waals surface area contributed by atoms with Crippen molar-refractivity contribution in [2.75, 3.05) is 0 Å². The van der Waals surface area contributed by atoms with Crippen LogP contribution in [0, 0.1) is 0 Å². The number of pyridine rings is 1. The topological polar surface area (TPSA) is 42.0 Å². The van der Waals surface area contributed by atoms with E-state index in [1.54, 1.807) is 12.1 Å². The zero-order valence-corrected chi connectivity index (χ0v) is 13.3. The molecule has 0 aliphatic rings. The molecule has 2 rings (SSSR count). The Morgan fingerprint density at radius 1 is 1.35 bits per heavy atom. The van der Waals surface area contributed by atoms with Crippen molar-refractivity contribution in [1.82, 2.24) is 10.3 Å². The molecule has 0 saturated carbocycles. The zero-order valence-electron chi connectivity index (χ0n) is 11.0. The summed E-state index contributed by atoms with van der Waals surface area (Å²) in [6.45, 7) is 2.52. The fourth-order valence-electron chi connectivity index (χ4n) is 1.78. The van der Waals surface area contributed by atoms with Crippen molar-refractivity contribution in [1.29, 1.82) is 0 Å². The Morgan fingerprint density at radius 3 is 2.80 bits per heavy atom. The number of halogens is 2. The van der Waals surface area contributed by atoms with Gasteiger partial charge < -0.3 is 5.32 Å². The number of amides is 1. The number of aryl methyl sites for hydroxylation is 1. The molecule has 2 heterocycles. The molecule has 0 fully saturated rings. The van der Waals surface area contributed by atoms with Gasteiger partial charge in [-0.3, -0.25) is 4.79 Å². The highest BCUT2D eigenvalue weighted by molar-refractivity contribution is 7.16. The number of nitrogens with zero attached hydrogens (tertiary/aromatic N) is 1. The third kappa shape index (κ3) is 4.20. The monoisotopic (exact) mass is 328 g/mol. The zero-order chi connectivity index (χ0) is 14.5. The summed E-state index contributed by atoms with van der Waals surface area (Å²) in [6.07, 6.45) is 1.77. The largest absolute Gasteiger partial charge is 0.347 e. The maximum absolute atomic E-state index is 12.1. The van der Waals surface area contributed by atoms with Gasteiger partial charge in [0.05, 0.1) is 10.9 Å². The summed E-state index contributed by atoms with van der Waals surface area (Å²) in [6, 6.07) is 7.08. The van der Waals surface area contributed by atoms with E-state index >= 15 is 0 Å². The summed E-state index contributed by atoms with van der Waals surface area (Å²) in [7, 11) is 0. The molecule has 0 spiro atoms. The molecule has 0 saturated heterocycles. The van der Waals surface area contributed by atoms with Crippen LogP contribution in [0.15, 0.2) is 24.3 Å². The van der Waals surface area contributed by atoms with Gasteiger partial charge in [0, 0.05) is 16.1 Å². The average Bonchev–Trinajstić information content (AvgIpc) is 2.81. The summed E-state index contributed by atoms with van der Waals surface area (Å²) >= 11 is 13.2. The van der Waals surface area contributed by atoms with Gasteiger partial charge in [0.2, 0.25) is 0 Å². The molecule has 0 aliphatic carbocycles. The van der Waals surface area contributed by atoms with E-state index in [0.717, 1.165) is 23.4 Å². The quantitative estimate of drug-likeness (QED) is 0.830. The molecule has 0 radical (unpaired) electrons. The number of aromatic nitrogens is 1. The van der Waals surface area contributed by atoms with E-state index in [9.17, 15) is 4.79 Å². The summed E-state index contributed by atoms with van der Waals surface area (Å²) in [5.74, 6) is -0.156. The first-order valence-electron chi connectivity index (χ1n) is 6.27. The van der Waals surface area contributed by atoms with Gasteiger partial charge >= 0.3 is 0 Å². The van der Waals surface area contributed by atoms with E-state index in [0.29, 0.717) is 21.6 Å². The van der Waals surface area contributed by atoms with Crippen LogP contribution in [0.5, 0.6) is 0 Å². The number of nitrogens with one attached hydrogen (secondary N) is 1. The van der Waals surface area contributed by atoms with Crippen molar-refractivity contribution in [3.63, 3.8) is 0 Å². The van der Waals surface area contributed by atoms with Gasteiger partial charge in [-0.1, -0.05) is 36.5 Å². The normalized spacial score (nSPS) is 10.6. The Morgan fingerprint density at radius 2 is 2.15 bits per heavy atom. The van der Waals surface area contributed by atoms with Gasteiger partial charge in [-0.15, -0.1) is 11.3 Å². The number of rotatable bonds is 5. The van der Waals surface area contributed by atoms with Gasteiger partial charge in [0.1, 0.15) is 5.15 Å². The molecule has 0 unspecified atom stereocenters. The fraction of sp³-hybridized carbons (Fsp3) is 0.286. The smallest absolute Gasteiger partial charge is 0.251 e. The molecular formula is C14H14Cl2N2OS. The number of carbonyl (C=O) groups is 1. The highest BCUT2D eigenvalue weighted by Gasteiger charge is 2.09. The molecule has 20 heavy (non-hydrogen) atoms. The van der Waals surface area contributed by atoms with E-state index in [2.05, 4.69) is 17.2 Å². The summed E-state index contributed by atoms with van der Waals surface area (Å²) in [4.78, 5) is 17.3. The summed E-state index contributed by atoms with van der Waals surface area (Å²) in [5, 5.41) is 3.20. The Hall–Kier alpha value is -1.10. The van der Waals surface area contributed by atoms with Crippen molar-refractivity contribution in [2.45, 2.75) is 26.3 Å². The standard InChI is InChI=1S/C14H14Cl2N2OS/c1-2-3-10-6-9(7-12(15)18-10)14(19)17-8-11-4-5-13(16)20-11/h4-7H,2-3,8H2,1H3,(H,17,19). The predicted molar refractivity (Wildman–Crippen MR) is 83.7 cm³/mol. The Balaban J connectivity index is 2.04. The molecule has 6 heteroatoms. The molecule has 0 bridgehead atoms. The first-order valence-corrected chi connectivity index (χ1v) is 7.84. The maximum Gasteiger partial charge on any atom is 0.251 e. The van der Waals surface area contributed by atoms with E-state index in [-0.39, 0.29) is 5.91 Å². The van der Waals surface area contributed by atoms with Crippen LogP contribution in [0.4, 0.5) is 0 Å². The molecule has 2 aromatic rings. The number of hydrogen-bond donors (Lipinski definition) is 1. The minimum Gasteiger partial charge on any atom is -0.347 e. The summed E-state index contributed by atoms with van der Waals surface area (Å²) < 4.78 is 0.714. The van der Waals surface area contributed by atoms with Crippen molar-refractivity contribution in [3.8, 4) is 0 Å². The maximum atomic E-state index is 12.1. The molecule has 0 aromatic carbocycles. The lowest BCUT2D eigenvalue weighted by atomic mass is 10.1. The number of hydrogen-bond acceptors (Lipinski definition) is 3. The van der Waals surface area contributed by atoms with Crippen LogP contribution < -0.4 is 5.32 Å². The van der Waals surface area contributed by atoms with Crippen LogP contribution in [0.3, 0.4) is 0 Å². The Bertz CT molecular complexity index is 613. The van der Waals surface area contributed by atoms with E-state index in [4.69, 9.17) is 23.2 Å². The summed E-state index contributed by atoms with van der Waals surface area (Å²) in [5.41, 5.74) is 1.38. The first kappa shape index (κ1) is 15.3. The second-order valence-electron chi connectivity index (χ2n) is 4.31. The minimum atomic E-state index is -0.156. The molecule has 1 N–H and O–H groups in total. The van der Waals surface area contributed by atoms with Crippen LogP contribution in [0.25, 0.3) is 0 Å².